The first kappa shape index (κ1) is 19.5. The lowest BCUT2D eigenvalue weighted by Crippen LogP contribution is -2.41. The van der Waals surface area contributed by atoms with Gasteiger partial charge in [-0.2, -0.15) is 0 Å². The summed E-state index contributed by atoms with van der Waals surface area (Å²) in [5.41, 5.74) is 8.62. The van der Waals surface area contributed by atoms with Crippen LogP contribution in [0, 0.1) is 0 Å². The zero-order chi connectivity index (χ0) is 18.9. The molecule has 0 aromatic heterocycles. The van der Waals surface area contributed by atoms with Crippen molar-refractivity contribution < 1.29 is 9.59 Å². The van der Waals surface area contributed by atoms with Gasteiger partial charge in [-0.05, 0) is 43.5 Å². The van der Waals surface area contributed by atoms with Crippen molar-refractivity contribution >= 4 is 17.6 Å². The second kappa shape index (κ2) is 9.58. The Bertz CT molecular complexity index is 714. The number of nitrogens with two attached hydrogens (primary N) is 1. The molecule has 1 unspecified atom stereocenters. The molecule has 0 aliphatic rings. The molecule has 0 heterocycles. The van der Waals surface area contributed by atoms with E-state index >= 15 is 0 Å². The second-order valence-electron chi connectivity index (χ2n) is 6.46. The molecule has 0 saturated heterocycles. The molecule has 0 saturated carbocycles. The van der Waals surface area contributed by atoms with Gasteiger partial charge in [-0.1, -0.05) is 42.5 Å². The predicted molar refractivity (Wildman–Crippen MR) is 104 cm³/mol. The zero-order valence-corrected chi connectivity index (χ0v) is 15.2. The molecule has 26 heavy (non-hydrogen) atoms. The first-order chi connectivity index (χ1) is 12.4. The number of urea groups is 1. The molecule has 0 radical (unpaired) electrons. The van der Waals surface area contributed by atoms with E-state index in [-0.39, 0.29) is 18.0 Å². The monoisotopic (exact) mass is 354 g/mol. The zero-order valence-electron chi connectivity index (χ0n) is 15.2. The molecule has 2 aromatic rings. The van der Waals surface area contributed by atoms with Crippen molar-refractivity contribution in [1.82, 2.24) is 10.6 Å². The number of amides is 3. The molecular formula is C20H26N4O2. The molecule has 2 aromatic carbocycles. The van der Waals surface area contributed by atoms with E-state index in [0.717, 1.165) is 11.1 Å². The summed E-state index contributed by atoms with van der Waals surface area (Å²) >= 11 is 0. The third-order valence-corrected chi connectivity index (χ3v) is 3.73. The normalized spacial score (nSPS) is 11.7. The SMILES string of the molecule is CC(C)NC(=O)Nc1ccc(CNC(=O)C(N)Cc2ccccc2)cc1. The molecule has 2 rings (SSSR count). The standard InChI is InChI=1S/C20H26N4O2/c1-14(2)23-20(26)24-17-10-8-16(9-11-17)13-22-19(25)18(21)12-15-6-4-3-5-7-15/h3-11,14,18H,12-13,21H2,1-2H3,(H,22,25)(H2,23,24,26). The van der Waals surface area contributed by atoms with E-state index in [1.807, 2.05) is 56.3 Å². The van der Waals surface area contributed by atoms with Gasteiger partial charge in [0, 0.05) is 18.3 Å². The van der Waals surface area contributed by atoms with Crippen LogP contribution in [0.15, 0.2) is 54.6 Å². The Kier molecular flexibility index (Phi) is 7.17. The van der Waals surface area contributed by atoms with Crippen molar-refractivity contribution in [3.05, 3.63) is 65.7 Å². The quantitative estimate of drug-likeness (QED) is 0.615. The number of anilines is 1. The lowest BCUT2D eigenvalue weighted by Gasteiger charge is -2.13. The molecule has 138 valence electrons. The Morgan fingerprint density at radius 2 is 1.62 bits per heavy atom. The number of carbonyl (C=O) groups is 2. The fraction of sp³-hybridized carbons (Fsp3) is 0.300. The van der Waals surface area contributed by atoms with E-state index in [1.165, 1.54) is 0 Å². The van der Waals surface area contributed by atoms with Crippen molar-refractivity contribution in [3.8, 4) is 0 Å². The summed E-state index contributed by atoms with van der Waals surface area (Å²) in [6.45, 7) is 4.18. The first-order valence-corrected chi connectivity index (χ1v) is 8.67. The van der Waals surface area contributed by atoms with Crippen LogP contribution < -0.4 is 21.7 Å². The van der Waals surface area contributed by atoms with Crippen LogP contribution in [0.5, 0.6) is 0 Å². The topological polar surface area (TPSA) is 96.2 Å². The number of hydrogen-bond donors (Lipinski definition) is 4. The highest BCUT2D eigenvalue weighted by molar-refractivity contribution is 5.89. The average Bonchev–Trinajstić information content (AvgIpc) is 2.61. The maximum absolute atomic E-state index is 12.1. The minimum atomic E-state index is -0.585. The highest BCUT2D eigenvalue weighted by Gasteiger charge is 2.13. The summed E-state index contributed by atoms with van der Waals surface area (Å²) in [7, 11) is 0. The van der Waals surface area contributed by atoms with Crippen LogP contribution in [0.1, 0.15) is 25.0 Å². The van der Waals surface area contributed by atoms with Crippen LogP contribution in [0.4, 0.5) is 10.5 Å². The second-order valence-corrected chi connectivity index (χ2v) is 6.46. The maximum atomic E-state index is 12.1. The fourth-order valence-corrected chi connectivity index (χ4v) is 2.42. The minimum Gasteiger partial charge on any atom is -0.351 e. The molecule has 5 N–H and O–H groups in total. The van der Waals surface area contributed by atoms with Crippen LogP contribution in [0.2, 0.25) is 0 Å². The van der Waals surface area contributed by atoms with Crippen molar-refractivity contribution in [2.75, 3.05) is 5.32 Å². The Labute approximate surface area is 154 Å². The van der Waals surface area contributed by atoms with Gasteiger partial charge in [-0.3, -0.25) is 4.79 Å². The van der Waals surface area contributed by atoms with Gasteiger partial charge in [0.15, 0.2) is 0 Å². The summed E-state index contributed by atoms with van der Waals surface area (Å²) in [6.07, 6.45) is 0.500. The number of rotatable bonds is 7. The molecule has 0 spiro atoms. The van der Waals surface area contributed by atoms with E-state index in [2.05, 4.69) is 16.0 Å². The molecule has 6 heteroatoms. The van der Waals surface area contributed by atoms with E-state index in [1.54, 1.807) is 12.1 Å². The summed E-state index contributed by atoms with van der Waals surface area (Å²) in [6, 6.07) is 16.2. The Morgan fingerprint density at radius 3 is 2.23 bits per heavy atom. The van der Waals surface area contributed by atoms with Gasteiger partial charge in [0.1, 0.15) is 0 Å². The predicted octanol–water partition coefficient (Wildman–Crippen LogP) is 2.40. The summed E-state index contributed by atoms with van der Waals surface area (Å²) in [5, 5.41) is 8.35. The number of carbonyl (C=O) groups excluding carboxylic acids is 2. The van der Waals surface area contributed by atoms with Crippen molar-refractivity contribution in [1.29, 1.82) is 0 Å². The highest BCUT2D eigenvalue weighted by Crippen LogP contribution is 2.09. The van der Waals surface area contributed by atoms with Gasteiger partial charge in [-0.25, -0.2) is 4.79 Å². The Morgan fingerprint density at radius 1 is 0.962 bits per heavy atom. The third kappa shape index (κ3) is 6.57. The van der Waals surface area contributed by atoms with Crippen LogP contribution in [-0.4, -0.2) is 24.0 Å². The van der Waals surface area contributed by atoms with Crippen molar-refractivity contribution in [3.63, 3.8) is 0 Å². The van der Waals surface area contributed by atoms with Gasteiger partial charge in [0.25, 0.3) is 0 Å². The summed E-state index contributed by atoms with van der Waals surface area (Å²) in [5.74, 6) is -0.188. The van der Waals surface area contributed by atoms with E-state index < -0.39 is 6.04 Å². The highest BCUT2D eigenvalue weighted by atomic mass is 16.2. The summed E-state index contributed by atoms with van der Waals surface area (Å²) in [4.78, 5) is 23.8. The lowest BCUT2D eigenvalue weighted by molar-refractivity contribution is -0.122. The molecule has 6 nitrogen and oxygen atoms in total. The molecular weight excluding hydrogens is 328 g/mol. The number of benzene rings is 2. The van der Waals surface area contributed by atoms with Crippen molar-refractivity contribution in [2.45, 2.75) is 38.9 Å². The van der Waals surface area contributed by atoms with Gasteiger partial charge < -0.3 is 21.7 Å². The van der Waals surface area contributed by atoms with E-state index in [9.17, 15) is 9.59 Å². The van der Waals surface area contributed by atoms with Gasteiger partial charge >= 0.3 is 6.03 Å². The molecule has 0 bridgehead atoms. The van der Waals surface area contributed by atoms with Crippen LogP contribution in [-0.2, 0) is 17.8 Å². The Balaban J connectivity index is 1.79. The third-order valence-electron chi connectivity index (χ3n) is 3.73. The maximum Gasteiger partial charge on any atom is 0.319 e. The van der Waals surface area contributed by atoms with Gasteiger partial charge in [0.05, 0.1) is 6.04 Å². The molecule has 0 fully saturated rings. The fourth-order valence-electron chi connectivity index (χ4n) is 2.42. The largest absolute Gasteiger partial charge is 0.351 e. The first-order valence-electron chi connectivity index (χ1n) is 8.67. The van der Waals surface area contributed by atoms with Gasteiger partial charge in [0.2, 0.25) is 5.91 Å². The molecule has 0 aliphatic heterocycles. The average molecular weight is 354 g/mol. The van der Waals surface area contributed by atoms with Crippen LogP contribution in [0.3, 0.4) is 0 Å². The van der Waals surface area contributed by atoms with Crippen LogP contribution >= 0.6 is 0 Å². The summed E-state index contributed by atoms with van der Waals surface area (Å²) < 4.78 is 0. The number of nitrogens with one attached hydrogen (secondary N) is 3. The number of hydrogen-bond acceptors (Lipinski definition) is 3. The minimum absolute atomic E-state index is 0.0737. The van der Waals surface area contributed by atoms with E-state index in [4.69, 9.17) is 5.73 Å². The van der Waals surface area contributed by atoms with Crippen LogP contribution in [0.25, 0.3) is 0 Å². The Hall–Kier alpha value is -2.86. The van der Waals surface area contributed by atoms with E-state index in [0.29, 0.717) is 18.7 Å². The molecule has 1 atom stereocenters. The smallest absolute Gasteiger partial charge is 0.319 e. The van der Waals surface area contributed by atoms with Crippen molar-refractivity contribution in [2.24, 2.45) is 5.73 Å². The molecule has 0 aliphatic carbocycles. The lowest BCUT2D eigenvalue weighted by atomic mass is 10.1. The van der Waals surface area contributed by atoms with Gasteiger partial charge in [-0.15, -0.1) is 0 Å². The molecule has 3 amide bonds.